The number of aliphatic imine (C=N–C) groups is 1. The Morgan fingerprint density at radius 3 is 1.74 bits per heavy atom. The van der Waals surface area contributed by atoms with Crippen LogP contribution >= 0.6 is 0 Å². The van der Waals surface area contributed by atoms with Gasteiger partial charge in [-0.1, -0.05) is 12.2 Å². The largest absolute Gasteiger partial charge is 0.494 e. The van der Waals surface area contributed by atoms with Crippen molar-refractivity contribution in [2.75, 3.05) is 42.7 Å². The first kappa shape index (κ1) is 28.0. The van der Waals surface area contributed by atoms with Gasteiger partial charge in [-0.3, -0.25) is 9.79 Å². The summed E-state index contributed by atoms with van der Waals surface area (Å²) in [4.78, 5) is 17.0. The van der Waals surface area contributed by atoms with Crippen molar-refractivity contribution in [1.29, 1.82) is 0 Å². The maximum absolute atomic E-state index is 14.0. The summed E-state index contributed by atoms with van der Waals surface area (Å²) in [7, 11) is 9.05. The van der Waals surface area contributed by atoms with E-state index in [9.17, 15) is 9.18 Å². The van der Waals surface area contributed by atoms with Crippen LogP contribution in [0.15, 0.2) is 47.5 Å². The number of hydrogen-bond donors (Lipinski definition) is 0. The summed E-state index contributed by atoms with van der Waals surface area (Å²) in [5, 5.41) is 0. The number of carbonyl (C=O) groups excluding carboxylic acids is 1. The lowest BCUT2D eigenvalue weighted by Crippen LogP contribution is -2.01. The predicted molar refractivity (Wildman–Crippen MR) is 145 cm³/mol. The fourth-order valence-electron chi connectivity index (χ4n) is 3.73. The van der Waals surface area contributed by atoms with E-state index >= 15 is 0 Å². The van der Waals surface area contributed by atoms with E-state index in [1.54, 1.807) is 33.5 Å². The Bertz CT molecular complexity index is 1330. The highest BCUT2D eigenvalue weighted by atomic mass is 19.1. The van der Waals surface area contributed by atoms with E-state index < -0.39 is 5.82 Å². The number of carbonyl (C=O) groups is 1. The SMILES string of the molecule is COc1ccc(C(=O)CC=Nc2cc(/C=C\c3cc(OC)c(OC)c(OC)c3)cc(OC)c2OC)cc1F. The maximum atomic E-state index is 14.0. The second-order valence-electron chi connectivity index (χ2n) is 7.86. The zero-order valence-corrected chi connectivity index (χ0v) is 22.2. The molecule has 0 aliphatic carbocycles. The van der Waals surface area contributed by atoms with Crippen LogP contribution in [0.2, 0.25) is 0 Å². The minimum absolute atomic E-state index is 0.0389. The van der Waals surface area contributed by atoms with Gasteiger partial charge in [0.2, 0.25) is 5.75 Å². The van der Waals surface area contributed by atoms with E-state index in [2.05, 4.69) is 4.99 Å². The molecule has 0 saturated heterocycles. The van der Waals surface area contributed by atoms with Crippen LogP contribution in [-0.2, 0) is 0 Å². The molecule has 0 fully saturated rings. The number of ketones is 1. The lowest BCUT2D eigenvalue weighted by Gasteiger charge is -2.13. The highest BCUT2D eigenvalue weighted by Crippen LogP contribution is 2.40. The van der Waals surface area contributed by atoms with E-state index in [0.29, 0.717) is 34.4 Å². The predicted octanol–water partition coefficient (Wildman–Crippen LogP) is 6.02. The summed E-state index contributed by atoms with van der Waals surface area (Å²) >= 11 is 0. The summed E-state index contributed by atoms with van der Waals surface area (Å²) in [6.07, 6.45) is 5.16. The third-order valence-electron chi connectivity index (χ3n) is 5.62. The molecule has 0 saturated carbocycles. The van der Waals surface area contributed by atoms with Crippen LogP contribution < -0.4 is 28.4 Å². The van der Waals surface area contributed by atoms with Gasteiger partial charge in [0.05, 0.1) is 42.7 Å². The van der Waals surface area contributed by atoms with Gasteiger partial charge in [-0.2, -0.15) is 0 Å². The van der Waals surface area contributed by atoms with Crippen LogP contribution in [0, 0.1) is 5.82 Å². The molecule has 38 heavy (non-hydrogen) atoms. The average Bonchev–Trinajstić information content (AvgIpc) is 2.94. The van der Waals surface area contributed by atoms with Gasteiger partial charge in [0, 0.05) is 18.2 Å². The number of benzene rings is 3. The first-order valence-corrected chi connectivity index (χ1v) is 11.5. The molecule has 200 valence electrons. The summed E-state index contributed by atoms with van der Waals surface area (Å²) < 4.78 is 46.1. The van der Waals surface area contributed by atoms with Crippen LogP contribution in [0.25, 0.3) is 12.2 Å². The average molecular weight is 524 g/mol. The molecule has 0 aromatic heterocycles. The zero-order valence-electron chi connectivity index (χ0n) is 22.2. The van der Waals surface area contributed by atoms with Crippen molar-refractivity contribution in [2.24, 2.45) is 4.99 Å². The fourth-order valence-corrected chi connectivity index (χ4v) is 3.73. The number of Topliss-reactive ketones (excluding diaryl/α,β-unsaturated/α-hetero) is 1. The van der Waals surface area contributed by atoms with Gasteiger partial charge < -0.3 is 28.4 Å². The molecule has 8 nitrogen and oxygen atoms in total. The van der Waals surface area contributed by atoms with E-state index in [1.165, 1.54) is 39.7 Å². The van der Waals surface area contributed by atoms with Crippen molar-refractivity contribution < 1.29 is 37.6 Å². The number of halogens is 1. The molecule has 0 spiro atoms. The minimum Gasteiger partial charge on any atom is -0.494 e. The Hall–Kier alpha value is -4.53. The Morgan fingerprint density at radius 1 is 0.711 bits per heavy atom. The van der Waals surface area contributed by atoms with E-state index in [4.69, 9.17) is 28.4 Å². The molecule has 3 aromatic carbocycles. The first-order valence-electron chi connectivity index (χ1n) is 11.5. The van der Waals surface area contributed by atoms with Gasteiger partial charge in [0.1, 0.15) is 5.69 Å². The highest BCUT2D eigenvalue weighted by Gasteiger charge is 2.14. The molecule has 0 unspecified atom stereocenters. The summed E-state index contributed by atoms with van der Waals surface area (Å²) in [6.45, 7) is 0. The molecule has 0 heterocycles. The standard InChI is InChI=1S/C29H30FNO7/c1-33-24-10-9-20(17-21(24)30)23(32)11-12-31-22-13-18(14-25(34-2)28(22)37-5)7-8-19-15-26(35-3)29(38-6)27(16-19)36-4/h7-10,12-17H,11H2,1-6H3/b8-7-,31-12?. The number of nitrogens with zero attached hydrogens (tertiary/aromatic N) is 1. The second-order valence-corrected chi connectivity index (χ2v) is 7.86. The van der Waals surface area contributed by atoms with Crippen LogP contribution in [0.4, 0.5) is 10.1 Å². The second kappa shape index (κ2) is 13.1. The monoisotopic (exact) mass is 523 g/mol. The van der Waals surface area contributed by atoms with Gasteiger partial charge in [0.15, 0.2) is 40.3 Å². The number of methoxy groups -OCH3 is 6. The number of rotatable bonds is 12. The fraction of sp³-hybridized carbons (Fsp3) is 0.241. The molecule has 3 aromatic rings. The molecule has 0 bridgehead atoms. The van der Waals surface area contributed by atoms with Crippen molar-refractivity contribution in [3.05, 3.63) is 65.0 Å². The lowest BCUT2D eigenvalue weighted by molar-refractivity contribution is 0.100. The van der Waals surface area contributed by atoms with Crippen LogP contribution in [0.1, 0.15) is 27.9 Å². The molecular formula is C29H30FNO7. The van der Waals surface area contributed by atoms with Crippen molar-refractivity contribution in [3.8, 4) is 34.5 Å². The molecule has 0 N–H and O–H groups in total. The molecule has 0 radical (unpaired) electrons. The molecule has 0 atom stereocenters. The lowest BCUT2D eigenvalue weighted by atomic mass is 10.1. The van der Waals surface area contributed by atoms with E-state index in [1.807, 2.05) is 24.3 Å². The topological polar surface area (TPSA) is 84.8 Å². The quantitative estimate of drug-likeness (QED) is 0.163. The van der Waals surface area contributed by atoms with Gasteiger partial charge in [-0.25, -0.2) is 4.39 Å². The molecule has 0 aliphatic rings. The Labute approximate surface area is 221 Å². The van der Waals surface area contributed by atoms with Crippen molar-refractivity contribution in [2.45, 2.75) is 6.42 Å². The normalized spacial score (nSPS) is 11.0. The highest BCUT2D eigenvalue weighted by molar-refractivity contribution is 6.04. The maximum Gasteiger partial charge on any atom is 0.203 e. The van der Waals surface area contributed by atoms with Gasteiger partial charge in [-0.05, 0) is 53.6 Å². The Balaban J connectivity index is 1.88. The number of ether oxygens (including phenoxy) is 6. The van der Waals surface area contributed by atoms with Crippen molar-refractivity contribution >= 4 is 29.8 Å². The third-order valence-corrected chi connectivity index (χ3v) is 5.62. The molecular weight excluding hydrogens is 493 g/mol. The minimum atomic E-state index is -0.603. The molecule has 0 aliphatic heterocycles. The van der Waals surface area contributed by atoms with Crippen LogP contribution in [0.3, 0.4) is 0 Å². The first-order chi connectivity index (χ1) is 18.4. The zero-order chi connectivity index (χ0) is 27.7. The molecule has 9 heteroatoms. The Kier molecular flexibility index (Phi) is 9.70. The summed E-state index contributed by atoms with van der Waals surface area (Å²) in [5.74, 6) is 1.63. The Morgan fingerprint density at radius 2 is 1.24 bits per heavy atom. The number of hydrogen-bond acceptors (Lipinski definition) is 8. The summed E-state index contributed by atoms with van der Waals surface area (Å²) in [5.41, 5.74) is 2.27. The van der Waals surface area contributed by atoms with Gasteiger partial charge >= 0.3 is 0 Å². The van der Waals surface area contributed by atoms with Crippen LogP contribution in [-0.4, -0.2) is 54.7 Å². The van der Waals surface area contributed by atoms with E-state index in [-0.39, 0.29) is 23.5 Å². The molecule has 0 amide bonds. The third kappa shape index (κ3) is 6.42. The van der Waals surface area contributed by atoms with Crippen molar-refractivity contribution in [1.82, 2.24) is 0 Å². The van der Waals surface area contributed by atoms with Gasteiger partial charge in [-0.15, -0.1) is 0 Å². The van der Waals surface area contributed by atoms with Crippen molar-refractivity contribution in [3.63, 3.8) is 0 Å². The summed E-state index contributed by atoms with van der Waals surface area (Å²) in [6, 6.07) is 11.3. The molecule has 3 rings (SSSR count). The smallest absolute Gasteiger partial charge is 0.203 e. The van der Waals surface area contributed by atoms with Gasteiger partial charge in [0.25, 0.3) is 0 Å². The van der Waals surface area contributed by atoms with Crippen LogP contribution in [0.5, 0.6) is 34.5 Å². The van der Waals surface area contributed by atoms with E-state index in [0.717, 1.165) is 17.2 Å².